The third kappa shape index (κ3) is 4.24. The lowest BCUT2D eigenvalue weighted by Crippen LogP contribution is -2.25. The van der Waals surface area contributed by atoms with Crippen molar-refractivity contribution in [3.8, 4) is 0 Å². The van der Waals surface area contributed by atoms with Gasteiger partial charge in [-0.3, -0.25) is 9.52 Å². The van der Waals surface area contributed by atoms with Crippen molar-refractivity contribution in [2.75, 3.05) is 10.5 Å². The van der Waals surface area contributed by atoms with Gasteiger partial charge in [0.2, 0.25) is 10.0 Å². The number of ketones is 1. The molecule has 0 bridgehead atoms. The fraction of sp³-hybridized carbons (Fsp3) is 0.176. The van der Waals surface area contributed by atoms with E-state index in [2.05, 4.69) is 49.1 Å². The number of rotatable bonds is 6. The Balaban J connectivity index is 2.09. The van der Waals surface area contributed by atoms with Gasteiger partial charge in [-0.2, -0.15) is 0 Å². The van der Waals surface area contributed by atoms with Crippen LogP contribution in [-0.4, -0.2) is 29.9 Å². The van der Waals surface area contributed by atoms with Crippen LogP contribution in [0, 0.1) is 0 Å². The first-order chi connectivity index (χ1) is 12.7. The first kappa shape index (κ1) is 20.4. The molecular formula is C17H18BrN3O3P2S. The maximum absolute atomic E-state index is 13.3. The van der Waals surface area contributed by atoms with Gasteiger partial charge in [0.1, 0.15) is 5.65 Å². The molecule has 0 saturated carbocycles. The molecule has 142 valence electrons. The van der Waals surface area contributed by atoms with Gasteiger partial charge in [-0.25, -0.2) is 13.4 Å². The number of anilines is 1. The summed E-state index contributed by atoms with van der Waals surface area (Å²) >= 11 is 3.37. The molecular weight excluding hydrogens is 468 g/mol. The second-order valence-electron chi connectivity index (χ2n) is 5.99. The lowest BCUT2D eigenvalue weighted by molar-refractivity contribution is 0.104. The summed E-state index contributed by atoms with van der Waals surface area (Å²) in [6.07, 6.45) is 3.78. The second kappa shape index (κ2) is 7.96. The molecule has 1 aromatic carbocycles. The van der Waals surface area contributed by atoms with Gasteiger partial charge in [-0.05, 0) is 39.8 Å². The number of nitrogens with one attached hydrogen (secondary N) is 2. The van der Waals surface area contributed by atoms with Gasteiger partial charge in [-0.15, -0.1) is 18.5 Å². The molecule has 0 aliphatic heterocycles. The van der Waals surface area contributed by atoms with Crippen LogP contribution in [-0.2, 0) is 10.0 Å². The van der Waals surface area contributed by atoms with Crippen LogP contribution >= 0.6 is 34.4 Å². The van der Waals surface area contributed by atoms with E-state index in [4.69, 9.17) is 0 Å². The molecule has 2 aromatic heterocycles. The van der Waals surface area contributed by atoms with Crippen molar-refractivity contribution in [3.63, 3.8) is 0 Å². The van der Waals surface area contributed by atoms with Crippen LogP contribution in [0.5, 0.6) is 0 Å². The average molecular weight is 486 g/mol. The fourth-order valence-electron chi connectivity index (χ4n) is 2.77. The van der Waals surface area contributed by atoms with E-state index in [9.17, 15) is 13.2 Å². The molecule has 0 radical (unpaired) electrons. The predicted molar refractivity (Wildman–Crippen MR) is 120 cm³/mol. The van der Waals surface area contributed by atoms with E-state index in [1.54, 1.807) is 31.5 Å². The van der Waals surface area contributed by atoms with Gasteiger partial charge >= 0.3 is 0 Å². The quantitative estimate of drug-likeness (QED) is 0.414. The van der Waals surface area contributed by atoms with Gasteiger partial charge in [-0.1, -0.05) is 13.0 Å². The number of aromatic nitrogens is 2. The first-order valence-electron chi connectivity index (χ1n) is 8.09. The minimum atomic E-state index is -3.46. The Morgan fingerprint density at radius 2 is 2.07 bits per heavy atom. The number of fused-ring (bicyclic) bond motifs is 1. The monoisotopic (exact) mass is 485 g/mol. The van der Waals surface area contributed by atoms with Crippen molar-refractivity contribution in [2.45, 2.75) is 13.3 Å². The van der Waals surface area contributed by atoms with Crippen molar-refractivity contribution in [3.05, 3.63) is 46.2 Å². The summed E-state index contributed by atoms with van der Waals surface area (Å²) in [5.41, 5.74) is 1.88. The molecule has 10 heteroatoms. The number of hydrogen-bond donors (Lipinski definition) is 2. The van der Waals surface area contributed by atoms with Crippen LogP contribution in [0.1, 0.15) is 29.3 Å². The van der Waals surface area contributed by atoms with E-state index in [1.807, 2.05) is 6.07 Å². The zero-order valence-corrected chi connectivity index (χ0v) is 19.1. The number of nitrogens with zero attached hydrogens (tertiary/aromatic N) is 1. The third-order valence-corrected chi connectivity index (χ3v) is 6.98. The maximum atomic E-state index is 13.3. The summed E-state index contributed by atoms with van der Waals surface area (Å²) in [6, 6.07) is 5.19. The average Bonchev–Trinajstić information content (AvgIpc) is 3.00. The Labute approximate surface area is 170 Å². The fourth-order valence-corrected chi connectivity index (χ4v) is 5.37. The van der Waals surface area contributed by atoms with Crippen molar-refractivity contribution in [2.24, 2.45) is 0 Å². The van der Waals surface area contributed by atoms with Gasteiger partial charge in [0.25, 0.3) is 0 Å². The molecule has 2 N–H and O–H groups in total. The van der Waals surface area contributed by atoms with Gasteiger partial charge in [0, 0.05) is 38.7 Å². The van der Waals surface area contributed by atoms with E-state index < -0.39 is 10.0 Å². The Morgan fingerprint density at radius 3 is 2.78 bits per heavy atom. The van der Waals surface area contributed by atoms with Crippen LogP contribution in [0.25, 0.3) is 11.0 Å². The number of H-pyrrole nitrogens is 1. The van der Waals surface area contributed by atoms with Crippen LogP contribution in [0.15, 0.2) is 35.1 Å². The molecule has 2 heterocycles. The molecule has 27 heavy (non-hydrogen) atoms. The summed E-state index contributed by atoms with van der Waals surface area (Å²) in [4.78, 5) is 20.5. The number of benzene rings is 1. The Kier molecular flexibility index (Phi) is 6.02. The highest BCUT2D eigenvalue weighted by atomic mass is 79.9. The Hall–Kier alpha value is -1.33. The third-order valence-electron chi connectivity index (χ3n) is 3.99. The lowest BCUT2D eigenvalue weighted by atomic mass is 10.0. The summed E-state index contributed by atoms with van der Waals surface area (Å²) in [6.45, 7) is 1.80. The predicted octanol–water partition coefficient (Wildman–Crippen LogP) is 2.71. The highest BCUT2D eigenvalue weighted by Gasteiger charge is 2.22. The second-order valence-corrected chi connectivity index (χ2v) is 9.95. The lowest BCUT2D eigenvalue weighted by Gasteiger charge is -2.15. The highest BCUT2D eigenvalue weighted by Crippen LogP contribution is 2.24. The molecule has 0 amide bonds. The van der Waals surface area contributed by atoms with Crippen LogP contribution in [0.2, 0.25) is 0 Å². The summed E-state index contributed by atoms with van der Waals surface area (Å²) in [5, 5.41) is 1.88. The van der Waals surface area contributed by atoms with Gasteiger partial charge in [0.05, 0.1) is 11.4 Å². The van der Waals surface area contributed by atoms with E-state index in [0.29, 0.717) is 44.9 Å². The number of halogens is 1. The number of aromatic amines is 1. The largest absolute Gasteiger partial charge is 0.345 e. The standard InChI is InChI=1S/C17H18BrN3O3P2S/c1-2-5-27(23,24)21-12-3-4-13(25)14(16(12)26)15(22)11-8-20-17-10(11)6-9(18)7-19-17/h3-4,6-8,21H,2,5,25-26H2,1H3,(H,19,20). The van der Waals surface area contributed by atoms with Crippen molar-refractivity contribution in [1.29, 1.82) is 0 Å². The summed E-state index contributed by atoms with van der Waals surface area (Å²) in [7, 11) is 1.55. The number of sulfonamides is 1. The Morgan fingerprint density at radius 1 is 1.33 bits per heavy atom. The molecule has 0 saturated heterocycles. The van der Waals surface area contributed by atoms with Crippen LogP contribution < -0.4 is 15.3 Å². The summed E-state index contributed by atoms with van der Waals surface area (Å²) < 4.78 is 27.6. The molecule has 3 aromatic rings. The van der Waals surface area contributed by atoms with Gasteiger partial charge in [0.15, 0.2) is 5.78 Å². The van der Waals surface area contributed by atoms with Crippen molar-refractivity contribution < 1.29 is 13.2 Å². The molecule has 2 unspecified atom stereocenters. The van der Waals surface area contributed by atoms with Crippen molar-refractivity contribution >= 4 is 77.5 Å². The minimum Gasteiger partial charge on any atom is -0.345 e. The smallest absolute Gasteiger partial charge is 0.232 e. The number of carbonyl (C=O) groups excluding carboxylic acids is 1. The normalized spacial score (nSPS) is 11.7. The van der Waals surface area contributed by atoms with Crippen LogP contribution in [0.3, 0.4) is 0 Å². The number of pyridine rings is 1. The molecule has 0 aliphatic rings. The molecule has 3 rings (SSSR count). The zero-order chi connectivity index (χ0) is 19.8. The zero-order valence-electron chi connectivity index (χ0n) is 14.4. The maximum Gasteiger partial charge on any atom is 0.232 e. The number of hydrogen-bond acceptors (Lipinski definition) is 4. The first-order valence-corrected chi connectivity index (χ1v) is 11.7. The molecule has 0 fully saturated rings. The van der Waals surface area contributed by atoms with E-state index >= 15 is 0 Å². The minimum absolute atomic E-state index is 0.0190. The molecule has 0 spiro atoms. The van der Waals surface area contributed by atoms with Crippen LogP contribution in [0.4, 0.5) is 5.69 Å². The summed E-state index contributed by atoms with van der Waals surface area (Å²) in [5.74, 6) is -0.196. The molecule has 2 atom stereocenters. The van der Waals surface area contributed by atoms with E-state index in [-0.39, 0.29) is 11.5 Å². The van der Waals surface area contributed by atoms with E-state index in [0.717, 1.165) is 4.47 Å². The van der Waals surface area contributed by atoms with Crippen molar-refractivity contribution in [1.82, 2.24) is 9.97 Å². The highest BCUT2D eigenvalue weighted by molar-refractivity contribution is 9.10. The topological polar surface area (TPSA) is 91.9 Å². The SMILES string of the molecule is CCCS(=O)(=O)Nc1ccc(P)c(C(=O)c2c[nH]c3ncc(Br)cc23)c1P. The molecule has 0 aliphatic carbocycles. The molecule has 6 nitrogen and oxygen atoms in total. The van der Waals surface area contributed by atoms with Gasteiger partial charge < -0.3 is 4.98 Å². The van der Waals surface area contributed by atoms with E-state index in [1.165, 1.54) is 0 Å². The number of carbonyl (C=O) groups is 1. The Bertz CT molecular complexity index is 1150.